The van der Waals surface area contributed by atoms with Gasteiger partial charge in [-0.2, -0.15) is 0 Å². The van der Waals surface area contributed by atoms with Gasteiger partial charge in [0.05, 0.1) is 5.56 Å². The highest BCUT2D eigenvalue weighted by atomic mass is 19.1. The first kappa shape index (κ1) is 12.6. The molecule has 0 radical (unpaired) electrons. The van der Waals surface area contributed by atoms with Crippen molar-refractivity contribution in [1.29, 1.82) is 0 Å². The average molecular weight is 224 g/mol. The lowest BCUT2D eigenvalue weighted by molar-refractivity contribution is 0.0784. The van der Waals surface area contributed by atoms with Crippen LogP contribution in [-0.2, 0) is 0 Å². The van der Waals surface area contributed by atoms with Crippen LogP contribution >= 0.6 is 0 Å². The molecule has 0 aliphatic heterocycles. The number of rotatable bonds is 3. The van der Waals surface area contributed by atoms with Crippen molar-refractivity contribution in [1.82, 2.24) is 4.90 Å². The summed E-state index contributed by atoms with van der Waals surface area (Å²) >= 11 is 0. The van der Waals surface area contributed by atoms with Crippen molar-refractivity contribution in [2.45, 2.75) is 19.9 Å². The van der Waals surface area contributed by atoms with Gasteiger partial charge < -0.3 is 10.6 Å². The van der Waals surface area contributed by atoms with Crippen LogP contribution in [-0.4, -0.2) is 30.4 Å². The van der Waals surface area contributed by atoms with Crippen LogP contribution in [0.4, 0.5) is 4.39 Å². The fraction of sp³-hybridized carbons (Fsp3) is 0.417. The van der Waals surface area contributed by atoms with Gasteiger partial charge in [0.15, 0.2) is 0 Å². The summed E-state index contributed by atoms with van der Waals surface area (Å²) in [5, 5.41) is 0. The molecule has 0 heterocycles. The van der Waals surface area contributed by atoms with Gasteiger partial charge in [-0.1, -0.05) is 12.1 Å². The Labute approximate surface area is 95.0 Å². The molecule has 0 saturated carbocycles. The van der Waals surface area contributed by atoms with E-state index in [-0.39, 0.29) is 17.5 Å². The first-order chi connectivity index (χ1) is 7.43. The van der Waals surface area contributed by atoms with Crippen molar-refractivity contribution < 1.29 is 9.18 Å². The van der Waals surface area contributed by atoms with Crippen molar-refractivity contribution in [3.8, 4) is 0 Å². The molecule has 0 spiro atoms. The van der Waals surface area contributed by atoms with E-state index >= 15 is 0 Å². The Hall–Kier alpha value is -1.42. The highest BCUT2D eigenvalue weighted by molar-refractivity contribution is 5.94. The summed E-state index contributed by atoms with van der Waals surface area (Å²) in [7, 11) is 1.62. The van der Waals surface area contributed by atoms with Crippen LogP contribution in [0.5, 0.6) is 0 Å². The first-order valence-corrected chi connectivity index (χ1v) is 5.19. The van der Waals surface area contributed by atoms with E-state index in [4.69, 9.17) is 5.73 Å². The lowest BCUT2D eigenvalue weighted by atomic mass is 10.1. The quantitative estimate of drug-likeness (QED) is 0.846. The zero-order valence-corrected chi connectivity index (χ0v) is 9.83. The van der Waals surface area contributed by atoms with E-state index in [2.05, 4.69) is 0 Å². The van der Waals surface area contributed by atoms with Crippen molar-refractivity contribution in [3.63, 3.8) is 0 Å². The maximum absolute atomic E-state index is 13.7. The summed E-state index contributed by atoms with van der Waals surface area (Å²) in [5.74, 6) is -0.789. The number of hydrogen-bond acceptors (Lipinski definition) is 2. The minimum absolute atomic E-state index is 0.100. The normalized spacial score (nSPS) is 12.3. The molecule has 4 heteroatoms. The maximum Gasteiger partial charge on any atom is 0.256 e. The molecule has 3 nitrogen and oxygen atoms in total. The van der Waals surface area contributed by atoms with Gasteiger partial charge in [0.1, 0.15) is 5.82 Å². The van der Waals surface area contributed by atoms with Crippen LogP contribution in [0.25, 0.3) is 0 Å². The van der Waals surface area contributed by atoms with Crippen LogP contribution in [0.2, 0.25) is 0 Å². The summed E-state index contributed by atoms with van der Waals surface area (Å²) < 4.78 is 13.7. The first-order valence-electron chi connectivity index (χ1n) is 5.19. The molecule has 88 valence electrons. The predicted octanol–water partition coefficient (Wildman–Crippen LogP) is 1.55. The minimum Gasteiger partial charge on any atom is -0.340 e. The fourth-order valence-corrected chi connectivity index (χ4v) is 1.53. The Morgan fingerprint density at radius 1 is 1.56 bits per heavy atom. The van der Waals surface area contributed by atoms with Gasteiger partial charge >= 0.3 is 0 Å². The smallest absolute Gasteiger partial charge is 0.256 e. The number of aryl methyl sites for hydroxylation is 1. The second-order valence-corrected chi connectivity index (χ2v) is 4.10. The minimum atomic E-state index is -0.455. The lowest BCUT2D eigenvalue weighted by Crippen LogP contribution is -2.37. The lowest BCUT2D eigenvalue weighted by Gasteiger charge is -2.19. The zero-order chi connectivity index (χ0) is 12.3. The number of nitrogens with zero attached hydrogens (tertiary/aromatic N) is 1. The molecule has 1 unspecified atom stereocenters. The molecule has 0 aliphatic rings. The monoisotopic (exact) mass is 224 g/mol. The third-order valence-electron chi connectivity index (χ3n) is 2.33. The summed E-state index contributed by atoms with van der Waals surface area (Å²) in [6, 6.07) is 4.67. The summed E-state index contributed by atoms with van der Waals surface area (Å²) in [6.07, 6.45) is 0. The SMILES string of the molecule is Cc1cccc(C(=O)N(C)CC(C)N)c1F. The van der Waals surface area contributed by atoms with E-state index < -0.39 is 5.82 Å². The molecule has 1 aromatic carbocycles. The van der Waals surface area contributed by atoms with Gasteiger partial charge in [0.25, 0.3) is 5.91 Å². The van der Waals surface area contributed by atoms with E-state index in [1.54, 1.807) is 33.0 Å². The molecule has 1 aromatic rings. The van der Waals surface area contributed by atoms with E-state index in [1.807, 2.05) is 0 Å². The number of nitrogens with two attached hydrogens (primary N) is 1. The molecule has 0 aliphatic carbocycles. The topological polar surface area (TPSA) is 46.3 Å². The number of halogens is 1. The Morgan fingerprint density at radius 3 is 2.75 bits per heavy atom. The fourth-order valence-electron chi connectivity index (χ4n) is 1.53. The molecule has 1 rings (SSSR count). The molecule has 2 N–H and O–H groups in total. The highest BCUT2D eigenvalue weighted by Gasteiger charge is 2.17. The molecular formula is C12H17FN2O. The Bertz CT molecular complexity index is 391. The van der Waals surface area contributed by atoms with E-state index in [0.29, 0.717) is 12.1 Å². The van der Waals surface area contributed by atoms with Crippen LogP contribution in [0.1, 0.15) is 22.8 Å². The number of benzene rings is 1. The zero-order valence-electron chi connectivity index (χ0n) is 9.83. The Kier molecular flexibility index (Phi) is 4.01. The second-order valence-electron chi connectivity index (χ2n) is 4.10. The van der Waals surface area contributed by atoms with Crippen molar-refractivity contribution in [2.75, 3.05) is 13.6 Å². The van der Waals surface area contributed by atoms with Gasteiger partial charge in [-0.3, -0.25) is 4.79 Å². The van der Waals surface area contributed by atoms with Gasteiger partial charge in [-0.15, -0.1) is 0 Å². The van der Waals surface area contributed by atoms with Crippen LogP contribution in [0.3, 0.4) is 0 Å². The molecular weight excluding hydrogens is 207 g/mol. The number of carbonyl (C=O) groups is 1. The van der Waals surface area contributed by atoms with Crippen LogP contribution in [0.15, 0.2) is 18.2 Å². The van der Waals surface area contributed by atoms with Gasteiger partial charge in [-0.25, -0.2) is 4.39 Å². The molecule has 0 aromatic heterocycles. The summed E-state index contributed by atoms with van der Waals surface area (Å²) in [5.41, 5.74) is 6.16. The van der Waals surface area contributed by atoms with Gasteiger partial charge in [0.2, 0.25) is 0 Å². The molecule has 1 amide bonds. The molecule has 0 bridgehead atoms. The summed E-state index contributed by atoms with van der Waals surface area (Å²) in [4.78, 5) is 13.3. The predicted molar refractivity (Wildman–Crippen MR) is 61.7 cm³/mol. The molecule has 16 heavy (non-hydrogen) atoms. The highest BCUT2D eigenvalue weighted by Crippen LogP contribution is 2.13. The van der Waals surface area contributed by atoms with Gasteiger partial charge in [0, 0.05) is 19.6 Å². The third kappa shape index (κ3) is 2.79. The van der Waals surface area contributed by atoms with Crippen LogP contribution < -0.4 is 5.73 Å². The standard InChI is InChI=1S/C12H17FN2O/c1-8-5-4-6-10(11(8)13)12(16)15(3)7-9(2)14/h4-6,9H,7,14H2,1-3H3. The second kappa shape index (κ2) is 5.07. The molecule has 0 fully saturated rings. The van der Waals surface area contributed by atoms with Crippen molar-refractivity contribution >= 4 is 5.91 Å². The number of likely N-dealkylation sites (N-methyl/N-ethyl adjacent to an activating group) is 1. The maximum atomic E-state index is 13.7. The van der Waals surface area contributed by atoms with Gasteiger partial charge in [-0.05, 0) is 25.5 Å². The number of hydrogen-bond donors (Lipinski definition) is 1. The average Bonchev–Trinajstić information content (AvgIpc) is 2.20. The van der Waals surface area contributed by atoms with E-state index in [9.17, 15) is 9.18 Å². The third-order valence-corrected chi connectivity index (χ3v) is 2.33. The number of amides is 1. The summed E-state index contributed by atoms with van der Waals surface area (Å²) in [6.45, 7) is 3.85. The largest absolute Gasteiger partial charge is 0.340 e. The van der Waals surface area contributed by atoms with Crippen LogP contribution in [0, 0.1) is 12.7 Å². The van der Waals surface area contributed by atoms with E-state index in [1.165, 1.54) is 11.0 Å². The van der Waals surface area contributed by atoms with E-state index in [0.717, 1.165) is 0 Å². The molecule has 0 saturated heterocycles. The van der Waals surface area contributed by atoms with Crippen molar-refractivity contribution in [2.24, 2.45) is 5.73 Å². The Balaban J connectivity index is 2.92. The van der Waals surface area contributed by atoms with Crippen molar-refractivity contribution in [3.05, 3.63) is 35.1 Å². The number of carbonyl (C=O) groups excluding carboxylic acids is 1. The Morgan fingerprint density at radius 2 is 2.19 bits per heavy atom. The molecule has 1 atom stereocenters.